The molecular formula is C25H31N3OS. The highest BCUT2D eigenvalue weighted by atomic mass is 32.1. The lowest BCUT2D eigenvalue weighted by atomic mass is 9.98. The van der Waals surface area contributed by atoms with Crippen molar-refractivity contribution in [3.8, 4) is 0 Å². The first-order valence-corrected chi connectivity index (χ1v) is 11.7. The van der Waals surface area contributed by atoms with Crippen molar-refractivity contribution < 1.29 is 4.79 Å². The zero-order valence-electron chi connectivity index (χ0n) is 18.1. The van der Waals surface area contributed by atoms with E-state index in [0.29, 0.717) is 12.5 Å². The lowest BCUT2D eigenvalue weighted by Crippen LogP contribution is -2.48. The van der Waals surface area contributed by atoms with Crippen molar-refractivity contribution in [2.75, 3.05) is 38.0 Å². The Morgan fingerprint density at radius 3 is 2.53 bits per heavy atom. The average Bonchev–Trinajstić information content (AvgIpc) is 3.14. The Hall–Kier alpha value is -2.21. The zero-order chi connectivity index (χ0) is 21.1. The second kappa shape index (κ2) is 9.29. The Balaban J connectivity index is 1.30. The fourth-order valence-electron chi connectivity index (χ4n) is 4.23. The molecule has 2 heterocycles. The van der Waals surface area contributed by atoms with Crippen LogP contribution >= 0.6 is 11.3 Å². The van der Waals surface area contributed by atoms with Gasteiger partial charge in [0.05, 0.1) is 6.54 Å². The maximum absolute atomic E-state index is 12.7. The van der Waals surface area contributed by atoms with E-state index in [2.05, 4.69) is 83.7 Å². The van der Waals surface area contributed by atoms with Crippen LogP contribution in [0.5, 0.6) is 0 Å². The number of amides is 1. The first-order valence-electron chi connectivity index (χ1n) is 10.8. The first-order chi connectivity index (χ1) is 14.5. The number of aryl methyl sites for hydroxylation is 1. The Bertz CT molecular complexity index is 1020. The van der Waals surface area contributed by atoms with Crippen molar-refractivity contribution in [3.05, 3.63) is 64.5 Å². The van der Waals surface area contributed by atoms with Crippen LogP contribution in [-0.2, 0) is 11.3 Å². The van der Waals surface area contributed by atoms with Crippen molar-refractivity contribution in [2.45, 2.75) is 33.2 Å². The van der Waals surface area contributed by atoms with Crippen LogP contribution < -0.4 is 5.32 Å². The molecule has 0 radical (unpaired) electrons. The van der Waals surface area contributed by atoms with E-state index in [1.54, 1.807) is 0 Å². The summed E-state index contributed by atoms with van der Waals surface area (Å²) in [5, 5.41) is 6.85. The molecule has 0 unspecified atom stereocenters. The van der Waals surface area contributed by atoms with Gasteiger partial charge in [0, 0.05) is 43.1 Å². The summed E-state index contributed by atoms with van der Waals surface area (Å²) in [5.74, 6) is 0.473. The van der Waals surface area contributed by atoms with E-state index in [-0.39, 0.29) is 5.91 Å². The molecule has 0 bridgehead atoms. The first kappa shape index (κ1) is 21.0. The summed E-state index contributed by atoms with van der Waals surface area (Å²) >= 11 is 1.83. The predicted octanol–water partition coefficient (Wildman–Crippen LogP) is 5.09. The zero-order valence-corrected chi connectivity index (χ0v) is 19.0. The number of carbonyl (C=O) groups excluding carboxylic acids is 1. The molecule has 1 N–H and O–H groups in total. The summed E-state index contributed by atoms with van der Waals surface area (Å²) in [6.07, 6.45) is 0. The molecule has 4 rings (SSSR count). The maximum Gasteiger partial charge on any atom is 0.238 e. The largest absolute Gasteiger partial charge is 0.324 e. The minimum absolute atomic E-state index is 0.0866. The molecule has 1 aliphatic heterocycles. The highest BCUT2D eigenvalue weighted by molar-refractivity contribution is 7.17. The molecule has 1 saturated heterocycles. The standard InChI is InChI=1S/C25H31N3OS/c1-18(2)21-9-6-7-19(3)25(21)26-24(29)16-28-13-11-27(12-14-28)15-20-17-30-23-10-5-4-8-22(20)23/h4-10,17-18H,11-16H2,1-3H3,(H,26,29). The smallest absolute Gasteiger partial charge is 0.238 e. The van der Waals surface area contributed by atoms with E-state index in [1.807, 2.05) is 11.3 Å². The van der Waals surface area contributed by atoms with Gasteiger partial charge in [-0.15, -0.1) is 11.3 Å². The fourth-order valence-corrected chi connectivity index (χ4v) is 5.18. The van der Waals surface area contributed by atoms with Crippen LogP contribution in [0.25, 0.3) is 10.1 Å². The number of hydrogen-bond donors (Lipinski definition) is 1. The van der Waals surface area contributed by atoms with Crippen LogP contribution in [0.3, 0.4) is 0 Å². The quantitative estimate of drug-likeness (QED) is 0.602. The predicted molar refractivity (Wildman–Crippen MR) is 127 cm³/mol. The van der Waals surface area contributed by atoms with Crippen molar-refractivity contribution >= 4 is 33.0 Å². The van der Waals surface area contributed by atoms with E-state index in [0.717, 1.165) is 44.0 Å². The summed E-state index contributed by atoms with van der Waals surface area (Å²) in [6.45, 7) is 11.7. The van der Waals surface area contributed by atoms with Crippen molar-refractivity contribution in [1.29, 1.82) is 0 Å². The Morgan fingerprint density at radius 2 is 1.77 bits per heavy atom. The van der Waals surface area contributed by atoms with Gasteiger partial charge in [0.15, 0.2) is 0 Å². The molecule has 0 atom stereocenters. The molecule has 3 aromatic rings. The van der Waals surface area contributed by atoms with Crippen LogP contribution in [0.15, 0.2) is 47.8 Å². The highest BCUT2D eigenvalue weighted by Crippen LogP contribution is 2.28. The van der Waals surface area contributed by atoms with Crippen LogP contribution in [0.1, 0.15) is 36.5 Å². The number of hydrogen-bond acceptors (Lipinski definition) is 4. The Labute approximate surface area is 183 Å². The lowest BCUT2D eigenvalue weighted by Gasteiger charge is -2.34. The SMILES string of the molecule is Cc1cccc(C(C)C)c1NC(=O)CN1CCN(Cc2csc3ccccc23)CC1. The van der Waals surface area contributed by atoms with Gasteiger partial charge in [-0.1, -0.05) is 50.2 Å². The lowest BCUT2D eigenvalue weighted by molar-refractivity contribution is -0.117. The number of fused-ring (bicyclic) bond motifs is 1. The molecule has 1 amide bonds. The summed E-state index contributed by atoms with van der Waals surface area (Å²) in [6, 6.07) is 14.9. The van der Waals surface area contributed by atoms with Gasteiger partial charge in [0.25, 0.3) is 0 Å². The minimum atomic E-state index is 0.0866. The molecule has 0 saturated carbocycles. The van der Waals surface area contributed by atoms with Gasteiger partial charge in [-0.3, -0.25) is 14.6 Å². The van der Waals surface area contributed by atoms with Gasteiger partial charge in [-0.05, 0) is 46.4 Å². The topological polar surface area (TPSA) is 35.6 Å². The third-order valence-electron chi connectivity index (χ3n) is 5.98. The van der Waals surface area contributed by atoms with Crippen molar-refractivity contribution in [1.82, 2.24) is 9.80 Å². The molecule has 0 aliphatic carbocycles. The number of nitrogens with one attached hydrogen (secondary N) is 1. The fraction of sp³-hybridized carbons (Fsp3) is 0.400. The van der Waals surface area contributed by atoms with E-state index < -0.39 is 0 Å². The number of nitrogens with zero attached hydrogens (tertiary/aromatic N) is 2. The second-order valence-electron chi connectivity index (χ2n) is 8.55. The van der Waals surface area contributed by atoms with E-state index in [4.69, 9.17) is 0 Å². The van der Waals surface area contributed by atoms with Gasteiger partial charge in [0.2, 0.25) is 5.91 Å². The molecule has 0 spiro atoms. The Kier molecular flexibility index (Phi) is 6.52. The molecule has 1 fully saturated rings. The molecule has 4 nitrogen and oxygen atoms in total. The van der Waals surface area contributed by atoms with Crippen LogP contribution in [0.2, 0.25) is 0 Å². The number of thiophene rings is 1. The molecule has 1 aliphatic rings. The number of anilines is 1. The van der Waals surface area contributed by atoms with E-state index >= 15 is 0 Å². The molecule has 2 aromatic carbocycles. The van der Waals surface area contributed by atoms with Crippen LogP contribution in [-0.4, -0.2) is 48.4 Å². The summed E-state index contributed by atoms with van der Waals surface area (Å²) < 4.78 is 1.36. The van der Waals surface area contributed by atoms with Gasteiger partial charge >= 0.3 is 0 Å². The van der Waals surface area contributed by atoms with Gasteiger partial charge < -0.3 is 5.32 Å². The maximum atomic E-state index is 12.7. The number of para-hydroxylation sites is 1. The molecular weight excluding hydrogens is 390 g/mol. The normalized spacial score (nSPS) is 15.7. The van der Waals surface area contributed by atoms with Gasteiger partial charge in [-0.2, -0.15) is 0 Å². The summed E-state index contributed by atoms with van der Waals surface area (Å²) in [7, 11) is 0. The number of carbonyl (C=O) groups is 1. The number of benzene rings is 2. The summed E-state index contributed by atoms with van der Waals surface area (Å²) in [4.78, 5) is 17.5. The van der Waals surface area contributed by atoms with Crippen LogP contribution in [0, 0.1) is 6.92 Å². The number of piperazine rings is 1. The van der Waals surface area contributed by atoms with Crippen LogP contribution in [0.4, 0.5) is 5.69 Å². The van der Waals surface area contributed by atoms with E-state index in [9.17, 15) is 4.79 Å². The molecule has 158 valence electrons. The van der Waals surface area contributed by atoms with Gasteiger partial charge in [-0.25, -0.2) is 0 Å². The van der Waals surface area contributed by atoms with Gasteiger partial charge in [0.1, 0.15) is 0 Å². The number of rotatable bonds is 6. The second-order valence-corrected chi connectivity index (χ2v) is 9.46. The van der Waals surface area contributed by atoms with Crippen molar-refractivity contribution in [2.24, 2.45) is 0 Å². The average molecular weight is 422 g/mol. The highest BCUT2D eigenvalue weighted by Gasteiger charge is 2.21. The summed E-state index contributed by atoms with van der Waals surface area (Å²) in [5.41, 5.74) is 4.74. The monoisotopic (exact) mass is 421 g/mol. The molecule has 1 aromatic heterocycles. The molecule has 5 heteroatoms. The molecule has 30 heavy (non-hydrogen) atoms. The Morgan fingerprint density at radius 1 is 1.03 bits per heavy atom. The minimum Gasteiger partial charge on any atom is -0.324 e. The third kappa shape index (κ3) is 4.75. The van der Waals surface area contributed by atoms with Crippen molar-refractivity contribution in [3.63, 3.8) is 0 Å². The van der Waals surface area contributed by atoms with E-state index in [1.165, 1.54) is 21.2 Å². The third-order valence-corrected chi connectivity index (χ3v) is 6.99.